The highest BCUT2D eigenvalue weighted by Crippen LogP contribution is 2.01. The van der Waals surface area contributed by atoms with Crippen molar-refractivity contribution >= 4 is 17.5 Å². The number of nitrogen functional groups attached to an aromatic ring is 1. The number of pyridine rings is 1. The number of rotatable bonds is 6. The van der Waals surface area contributed by atoms with Crippen LogP contribution in [0.2, 0.25) is 0 Å². The SMILES string of the molecule is CCCNC(=O)CNC(=O)Cc1ccc(N)cn1. The third kappa shape index (κ3) is 5.29. The van der Waals surface area contributed by atoms with Crippen molar-refractivity contribution in [2.24, 2.45) is 0 Å². The largest absolute Gasteiger partial charge is 0.397 e. The third-order valence-electron chi connectivity index (χ3n) is 2.21. The predicted molar refractivity (Wildman–Crippen MR) is 68.7 cm³/mol. The van der Waals surface area contributed by atoms with E-state index < -0.39 is 0 Å². The van der Waals surface area contributed by atoms with Crippen LogP contribution in [0, 0.1) is 0 Å². The van der Waals surface area contributed by atoms with E-state index in [9.17, 15) is 9.59 Å². The predicted octanol–water partition coefficient (Wildman–Crippen LogP) is -0.151. The normalized spacial score (nSPS) is 9.83. The summed E-state index contributed by atoms with van der Waals surface area (Å²) in [6.07, 6.45) is 2.51. The molecule has 0 saturated carbocycles. The van der Waals surface area contributed by atoms with Gasteiger partial charge in [0.15, 0.2) is 0 Å². The number of hydrogen-bond acceptors (Lipinski definition) is 4. The van der Waals surface area contributed by atoms with Crippen LogP contribution in [0.15, 0.2) is 18.3 Å². The van der Waals surface area contributed by atoms with Crippen LogP contribution < -0.4 is 16.4 Å². The molecule has 1 aromatic rings. The van der Waals surface area contributed by atoms with Crippen LogP contribution in [0.4, 0.5) is 5.69 Å². The van der Waals surface area contributed by atoms with Gasteiger partial charge in [-0.3, -0.25) is 14.6 Å². The van der Waals surface area contributed by atoms with Crippen LogP contribution >= 0.6 is 0 Å². The Morgan fingerprint density at radius 2 is 2.06 bits per heavy atom. The van der Waals surface area contributed by atoms with Crippen molar-refractivity contribution in [3.05, 3.63) is 24.0 Å². The second-order valence-corrected chi connectivity index (χ2v) is 3.89. The van der Waals surface area contributed by atoms with Crippen LogP contribution in [0.25, 0.3) is 0 Å². The van der Waals surface area contributed by atoms with Gasteiger partial charge in [-0.05, 0) is 18.6 Å². The maximum atomic E-state index is 11.5. The van der Waals surface area contributed by atoms with Gasteiger partial charge in [0.05, 0.1) is 24.8 Å². The number of aromatic nitrogens is 1. The summed E-state index contributed by atoms with van der Waals surface area (Å²) < 4.78 is 0. The maximum absolute atomic E-state index is 11.5. The molecule has 6 heteroatoms. The molecular weight excluding hydrogens is 232 g/mol. The zero-order valence-corrected chi connectivity index (χ0v) is 10.4. The highest BCUT2D eigenvalue weighted by Gasteiger charge is 2.06. The van der Waals surface area contributed by atoms with Crippen molar-refractivity contribution in [1.82, 2.24) is 15.6 Å². The van der Waals surface area contributed by atoms with Gasteiger partial charge < -0.3 is 16.4 Å². The van der Waals surface area contributed by atoms with E-state index >= 15 is 0 Å². The van der Waals surface area contributed by atoms with Gasteiger partial charge >= 0.3 is 0 Å². The lowest BCUT2D eigenvalue weighted by Crippen LogP contribution is -2.37. The van der Waals surface area contributed by atoms with Gasteiger partial charge in [-0.2, -0.15) is 0 Å². The lowest BCUT2D eigenvalue weighted by molar-refractivity contribution is -0.125. The molecule has 0 spiro atoms. The van der Waals surface area contributed by atoms with E-state index in [0.717, 1.165) is 6.42 Å². The molecule has 0 aliphatic rings. The van der Waals surface area contributed by atoms with Gasteiger partial charge in [0, 0.05) is 12.2 Å². The summed E-state index contributed by atoms with van der Waals surface area (Å²) in [4.78, 5) is 26.8. The Hall–Kier alpha value is -2.11. The third-order valence-corrected chi connectivity index (χ3v) is 2.21. The van der Waals surface area contributed by atoms with Gasteiger partial charge in [-0.1, -0.05) is 6.92 Å². The van der Waals surface area contributed by atoms with Crippen LogP contribution in [0.5, 0.6) is 0 Å². The molecule has 98 valence electrons. The molecule has 0 saturated heterocycles. The molecule has 0 radical (unpaired) electrons. The standard InChI is InChI=1S/C12H18N4O2/c1-2-5-14-12(18)8-16-11(17)6-10-4-3-9(13)7-15-10/h3-4,7H,2,5-6,8,13H2,1H3,(H,14,18)(H,16,17). The minimum absolute atomic E-state index is 0.00615. The highest BCUT2D eigenvalue weighted by molar-refractivity contribution is 5.85. The fraction of sp³-hybridized carbons (Fsp3) is 0.417. The molecule has 1 heterocycles. The summed E-state index contributed by atoms with van der Waals surface area (Å²) in [6.45, 7) is 2.58. The van der Waals surface area contributed by atoms with Crippen LogP contribution in [-0.4, -0.2) is 29.9 Å². The monoisotopic (exact) mass is 250 g/mol. The Balaban J connectivity index is 2.29. The molecule has 1 aromatic heterocycles. The molecule has 6 nitrogen and oxygen atoms in total. The van der Waals surface area contributed by atoms with Crippen molar-refractivity contribution in [2.75, 3.05) is 18.8 Å². The fourth-order valence-electron chi connectivity index (χ4n) is 1.27. The molecule has 18 heavy (non-hydrogen) atoms. The molecule has 1 rings (SSSR count). The molecule has 2 amide bonds. The number of nitrogens with two attached hydrogens (primary N) is 1. The lowest BCUT2D eigenvalue weighted by Gasteiger charge is -2.05. The van der Waals surface area contributed by atoms with Crippen LogP contribution in [0.1, 0.15) is 19.0 Å². The summed E-state index contributed by atoms with van der Waals surface area (Å²) in [5.74, 6) is -0.422. The molecular formula is C12H18N4O2. The zero-order valence-electron chi connectivity index (χ0n) is 10.4. The Labute approximate surface area is 106 Å². The minimum Gasteiger partial charge on any atom is -0.397 e. The van der Waals surface area contributed by atoms with Crippen LogP contribution in [-0.2, 0) is 16.0 Å². The van der Waals surface area contributed by atoms with E-state index in [4.69, 9.17) is 5.73 Å². The second-order valence-electron chi connectivity index (χ2n) is 3.89. The Morgan fingerprint density at radius 3 is 2.67 bits per heavy atom. The average molecular weight is 250 g/mol. The van der Waals surface area contributed by atoms with Crippen molar-refractivity contribution in [3.63, 3.8) is 0 Å². The summed E-state index contributed by atoms with van der Waals surface area (Å²) in [5, 5.41) is 5.21. The van der Waals surface area contributed by atoms with Crippen molar-refractivity contribution in [1.29, 1.82) is 0 Å². The molecule has 0 atom stereocenters. The van der Waals surface area contributed by atoms with E-state index in [1.54, 1.807) is 12.1 Å². The molecule has 0 aromatic carbocycles. The summed E-state index contributed by atoms with van der Waals surface area (Å²) >= 11 is 0. The van der Waals surface area contributed by atoms with Gasteiger partial charge in [-0.25, -0.2) is 0 Å². The first-order valence-electron chi connectivity index (χ1n) is 5.85. The Morgan fingerprint density at radius 1 is 1.28 bits per heavy atom. The number of amides is 2. The second kappa shape index (κ2) is 7.26. The van der Waals surface area contributed by atoms with Gasteiger partial charge in [0.2, 0.25) is 11.8 Å². The van der Waals surface area contributed by atoms with Gasteiger partial charge in [0.1, 0.15) is 0 Å². The fourth-order valence-corrected chi connectivity index (χ4v) is 1.27. The molecule has 0 aliphatic carbocycles. The Bertz CT molecular complexity index is 403. The quantitative estimate of drug-likeness (QED) is 0.654. The topological polar surface area (TPSA) is 97.1 Å². The van der Waals surface area contributed by atoms with Crippen LogP contribution in [0.3, 0.4) is 0 Å². The molecule has 0 bridgehead atoms. The zero-order chi connectivity index (χ0) is 13.4. The summed E-state index contributed by atoms with van der Waals surface area (Å²) in [7, 11) is 0. The molecule has 0 unspecified atom stereocenters. The van der Waals surface area contributed by atoms with E-state index in [1.165, 1.54) is 6.20 Å². The van der Waals surface area contributed by atoms with Crippen molar-refractivity contribution < 1.29 is 9.59 Å². The minimum atomic E-state index is -0.237. The maximum Gasteiger partial charge on any atom is 0.239 e. The summed E-state index contributed by atoms with van der Waals surface area (Å²) in [5.41, 5.74) is 6.66. The Kier molecular flexibility index (Phi) is 5.63. The van der Waals surface area contributed by atoms with E-state index in [1.807, 2.05) is 6.92 Å². The number of carbonyl (C=O) groups excluding carboxylic acids is 2. The number of nitrogens with one attached hydrogen (secondary N) is 2. The van der Waals surface area contributed by atoms with Gasteiger partial charge in [-0.15, -0.1) is 0 Å². The highest BCUT2D eigenvalue weighted by atomic mass is 16.2. The molecule has 0 aliphatic heterocycles. The lowest BCUT2D eigenvalue weighted by atomic mass is 10.2. The first-order valence-corrected chi connectivity index (χ1v) is 5.85. The molecule has 0 fully saturated rings. The first-order chi connectivity index (χ1) is 8.61. The van der Waals surface area contributed by atoms with E-state index in [2.05, 4.69) is 15.6 Å². The van der Waals surface area contributed by atoms with E-state index in [0.29, 0.717) is 17.9 Å². The van der Waals surface area contributed by atoms with Crippen molar-refractivity contribution in [2.45, 2.75) is 19.8 Å². The van der Waals surface area contributed by atoms with Gasteiger partial charge in [0.25, 0.3) is 0 Å². The number of anilines is 1. The number of carbonyl (C=O) groups is 2. The summed E-state index contributed by atoms with van der Waals surface area (Å²) in [6, 6.07) is 3.37. The number of hydrogen-bond donors (Lipinski definition) is 3. The first kappa shape index (κ1) is 14.0. The number of nitrogens with zero attached hydrogens (tertiary/aromatic N) is 1. The average Bonchev–Trinajstić information content (AvgIpc) is 2.36. The smallest absolute Gasteiger partial charge is 0.239 e. The molecule has 4 N–H and O–H groups in total. The van der Waals surface area contributed by atoms with Crippen molar-refractivity contribution in [3.8, 4) is 0 Å². The van der Waals surface area contributed by atoms with E-state index in [-0.39, 0.29) is 24.8 Å².